The van der Waals surface area contributed by atoms with Crippen LogP contribution in [-0.4, -0.2) is 59.9 Å². The van der Waals surface area contributed by atoms with Crippen LogP contribution in [-0.2, 0) is 19.4 Å². The van der Waals surface area contributed by atoms with Crippen LogP contribution in [0, 0.1) is 0 Å². The van der Waals surface area contributed by atoms with Crippen LogP contribution in [0.25, 0.3) is 0 Å². The Labute approximate surface area is 130 Å². The third-order valence-corrected chi connectivity index (χ3v) is 4.79. The van der Waals surface area contributed by atoms with Gasteiger partial charge in [0.1, 0.15) is 0 Å². The van der Waals surface area contributed by atoms with Gasteiger partial charge in [0.15, 0.2) is 0 Å². The third-order valence-electron chi connectivity index (χ3n) is 3.12. The van der Waals surface area contributed by atoms with Gasteiger partial charge in [0, 0.05) is 13.1 Å². The van der Waals surface area contributed by atoms with Crippen LogP contribution < -0.4 is 0 Å². The molecular formula is C12H15F3N2O5S. The Balaban J connectivity index is 3.38. The Bertz CT molecular complexity index is 629. The van der Waals surface area contributed by atoms with Crippen molar-refractivity contribution in [3.8, 4) is 0 Å². The average Bonchev–Trinajstić information content (AvgIpc) is 2.42. The Morgan fingerprint density at radius 1 is 1.17 bits per heavy atom. The standard InChI is InChI=1S/C12H15F3N2O5S/c1-3-5-7-17-10(19)8(23(21,22)12(13,14)15)9(18)16(6-4-2)11(17)20/h4,8H,2-3,5-7H2,1H3. The summed E-state index contributed by atoms with van der Waals surface area (Å²) in [4.78, 5) is 36.7. The molecule has 0 N–H and O–H groups in total. The first-order valence-corrected chi connectivity index (χ1v) is 8.13. The molecule has 0 saturated carbocycles. The van der Waals surface area contributed by atoms with Crippen molar-refractivity contribution in [1.29, 1.82) is 0 Å². The minimum Gasteiger partial charge on any atom is -0.272 e. The van der Waals surface area contributed by atoms with Gasteiger partial charge in [0.2, 0.25) is 5.25 Å². The smallest absolute Gasteiger partial charge is 0.272 e. The normalized spacial score (nSPS) is 20.2. The Kier molecular flexibility index (Phi) is 5.56. The lowest BCUT2D eigenvalue weighted by atomic mass is 10.2. The molecule has 1 rings (SSSR count). The molecule has 0 aromatic rings. The summed E-state index contributed by atoms with van der Waals surface area (Å²) in [6, 6.07) is -1.15. The van der Waals surface area contributed by atoms with E-state index in [2.05, 4.69) is 6.58 Å². The van der Waals surface area contributed by atoms with Crippen molar-refractivity contribution in [3.05, 3.63) is 12.7 Å². The zero-order valence-corrected chi connectivity index (χ0v) is 13.0. The number of alkyl halides is 3. The van der Waals surface area contributed by atoms with Crippen molar-refractivity contribution in [1.82, 2.24) is 9.80 Å². The van der Waals surface area contributed by atoms with Crippen LogP contribution in [0.5, 0.6) is 0 Å². The maximum absolute atomic E-state index is 12.7. The lowest BCUT2D eigenvalue weighted by Gasteiger charge is -2.36. The van der Waals surface area contributed by atoms with Gasteiger partial charge in [-0.1, -0.05) is 19.4 Å². The van der Waals surface area contributed by atoms with Crippen LogP contribution in [0.1, 0.15) is 19.8 Å². The molecule has 1 heterocycles. The first kappa shape index (κ1) is 19.1. The number of halogens is 3. The van der Waals surface area contributed by atoms with Gasteiger partial charge < -0.3 is 0 Å². The summed E-state index contributed by atoms with van der Waals surface area (Å²) in [6.45, 7) is 4.17. The maximum Gasteiger partial charge on any atom is 0.498 e. The number of barbiturate groups is 1. The number of unbranched alkanes of at least 4 members (excludes halogenated alkanes) is 1. The molecule has 0 aromatic heterocycles. The van der Waals surface area contributed by atoms with Gasteiger partial charge in [-0.15, -0.1) is 6.58 Å². The number of nitrogens with zero attached hydrogens (tertiary/aromatic N) is 2. The van der Waals surface area contributed by atoms with Crippen molar-refractivity contribution < 1.29 is 36.0 Å². The number of hydrogen-bond donors (Lipinski definition) is 0. The predicted octanol–water partition coefficient (Wildman–Crippen LogP) is 1.07. The van der Waals surface area contributed by atoms with Crippen molar-refractivity contribution in [2.45, 2.75) is 30.5 Å². The average molecular weight is 356 g/mol. The SMILES string of the molecule is C=CCN1C(=O)C(S(=O)(=O)C(F)(F)F)C(=O)N(CCCC)C1=O. The molecule has 0 aliphatic carbocycles. The molecule has 1 saturated heterocycles. The highest BCUT2D eigenvalue weighted by atomic mass is 32.2. The van der Waals surface area contributed by atoms with Gasteiger partial charge in [0.25, 0.3) is 21.7 Å². The van der Waals surface area contributed by atoms with Crippen molar-refractivity contribution in [2.24, 2.45) is 0 Å². The minimum absolute atomic E-state index is 0.256. The van der Waals surface area contributed by atoms with E-state index < -0.39 is 45.0 Å². The Morgan fingerprint density at radius 2 is 1.70 bits per heavy atom. The third kappa shape index (κ3) is 3.38. The van der Waals surface area contributed by atoms with Gasteiger partial charge in [-0.25, -0.2) is 13.2 Å². The van der Waals surface area contributed by atoms with Crippen LogP contribution in [0.3, 0.4) is 0 Å². The summed E-state index contributed by atoms with van der Waals surface area (Å²) < 4.78 is 61.3. The molecule has 11 heteroatoms. The molecule has 4 amide bonds. The molecule has 1 unspecified atom stereocenters. The van der Waals surface area contributed by atoms with Crippen LogP contribution >= 0.6 is 0 Å². The maximum atomic E-state index is 12.7. The summed E-state index contributed by atoms with van der Waals surface area (Å²) in [5, 5.41) is -3.00. The van der Waals surface area contributed by atoms with E-state index in [0.717, 1.165) is 6.08 Å². The lowest BCUT2D eigenvalue weighted by molar-refractivity contribution is -0.142. The monoisotopic (exact) mass is 356 g/mol. The first-order chi connectivity index (χ1) is 10.5. The number of imide groups is 2. The molecule has 0 bridgehead atoms. The van der Waals surface area contributed by atoms with Crippen LogP contribution in [0.15, 0.2) is 12.7 Å². The van der Waals surface area contributed by atoms with Gasteiger partial charge in [-0.05, 0) is 6.42 Å². The minimum atomic E-state index is -6.10. The van der Waals surface area contributed by atoms with Gasteiger partial charge in [-0.2, -0.15) is 13.2 Å². The van der Waals surface area contributed by atoms with Crippen molar-refractivity contribution >= 4 is 27.7 Å². The van der Waals surface area contributed by atoms with Crippen molar-refractivity contribution in [2.75, 3.05) is 13.1 Å². The molecular weight excluding hydrogens is 341 g/mol. The van der Waals surface area contributed by atoms with E-state index in [1.165, 1.54) is 0 Å². The van der Waals surface area contributed by atoms with E-state index in [0.29, 0.717) is 11.3 Å². The molecule has 1 atom stereocenters. The fourth-order valence-electron chi connectivity index (χ4n) is 1.94. The van der Waals surface area contributed by atoms with Crippen LogP contribution in [0.2, 0.25) is 0 Å². The molecule has 0 aromatic carbocycles. The van der Waals surface area contributed by atoms with E-state index >= 15 is 0 Å². The topological polar surface area (TPSA) is 91.8 Å². The highest BCUT2D eigenvalue weighted by Crippen LogP contribution is 2.31. The van der Waals surface area contributed by atoms with E-state index in [4.69, 9.17) is 0 Å². The van der Waals surface area contributed by atoms with E-state index in [9.17, 15) is 36.0 Å². The summed E-state index contributed by atoms with van der Waals surface area (Å²) in [5.41, 5.74) is -5.79. The number of rotatable bonds is 6. The zero-order valence-electron chi connectivity index (χ0n) is 12.2. The summed E-state index contributed by atoms with van der Waals surface area (Å²) >= 11 is 0. The second-order valence-electron chi connectivity index (χ2n) is 4.73. The number of amides is 4. The zero-order chi connectivity index (χ0) is 18.0. The number of sulfone groups is 1. The Hall–Kier alpha value is -1.91. The summed E-state index contributed by atoms with van der Waals surface area (Å²) in [6.07, 6.45) is 1.80. The van der Waals surface area contributed by atoms with Gasteiger partial charge in [-0.3, -0.25) is 19.4 Å². The fraction of sp³-hybridized carbons (Fsp3) is 0.583. The molecule has 1 aliphatic rings. The number of carbonyl (C=O) groups excluding carboxylic acids is 3. The molecule has 7 nitrogen and oxygen atoms in total. The molecule has 1 fully saturated rings. The summed E-state index contributed by atoms with van der Waals surface area (Å²) in [5.74, 6) is -3.39. The number of urea groups is 1. The molecule has 23 heavy (non-hydrogen) atoms. The summed E-state index contributed by atoms with van der Waals surface area (Å²) in [7, 11) is -6.10. The van der Waals surface area contributed by atoms with E-state index in [-0.39, 0.29) is 17.9 Å². The second-order valence-corrected chi connectivity index (χ2v) is 6.76. The number of carbonyl (C=O) groups is 3. The fourth-order valence-corrected chi connectivity index (χ4v) is 2.99. The molecule has 0 radical (unpaired) electrons. The highest BCUT2D eigenvalue weighted by Gasteiger charge is 2.61. The van der Waals surface area contributed by atoms with E-state index in [1.54, 1.807) is 6.92 Å². The van der Waals surface area contributed by atoms with Gasteiger partial charge in [0.05, 0.1) is 0 Å². The molecule has 0 spiro atoms. The largest absolute Gasteiger partial charge is 0.498 e. The highest BCUT2D eigenvalue weighted by molar-refractivity contribution is 7.94. The predicted molar refractivity (Wildman–Crippen MR) is 72.7 cm³/mol. The number of hydrogen-bond acceptors (Lipinski definition) is 5. The quantitative estimate of drug-likeness (QED) is 0.524. The second kappa shape index (κ2) is 6.69. The van der Waals surface area contributed by atoms with Crippen molar-refractivity contribution in [3.63, 3.8) is 0 Å². The molecule has 130 valence electrons. The molecule has 1 aliphatic heterocycles. The van der Waals surface area contributed by atoms with Crippen LogP contribution in [0.4, 0.5) is 18.0 Å². The lowest BCUT2D eigenvalue weighted by Crippen LogP contribution is -2.65. The Morgan fingerprint density at radius 3 is 2.13 bits per heavy atom. The van der Waals surface area contributed by atoms with E-state index in [1.807, 2.05) is 0 Å². The first-order valence-electron chi connectivity index (χ1n) is 6.58. The van der Waals surface area contributed by atoms with Gasteiger partial charge >= 0.3 is 11.5 Å².